The molecule has 1 aliphatic carbocycles. The van der Waals surface area contributed by atoms with Crippen molar-refractivity contribution in [3.63, 3.8) is 0 Å². The monoisotopic (exact) mass is 142 g/mol. The summed E-state index contributed by atoms with van der Waals surface area (Å²) >= 11 is 0. The fraction of sp³-hybridized carbons (Fsp3) is 0.875. The van der Waals surface area contributed by atoms with Crippen molar-refractivity contribution in [3.05, 3.63) is 0 Å². The van der Waals surface area contributed by atoms with Crippen LogP contribution in [-0.2, 0) is 9.53 Å². The highest BCUT2D eigenvalue weighted by Crippen LogP contribution is 2.16. The van der Waals surface area contributed by atoms with Gasteiger partial charge >= 0.3 is 0 Å². The van der Waals surface area contributed by atoms with E-state index in [2.05, 4.69) is 0 Å². The van der Waals surface area contributed by atoms with Crippen LogP contribution in [0.5, 0.6) is 0 Å². The summed E-state index contributed by atoms with van der Waals surface area (Å²) in [5.74, 6) is 0.365. The quantitative estimate of drug-likeness (QED) is 0.519. The van der Waals surface area contributed by atoms with Crippen LogP contribution >= 0.6 is 0 Å². The van der Waals surface area contributed by atoms with Crippen LogP contribution in [0.3, 0.4) is 0 Å². The van der Waals surface area contributed by atoms with Gasteiger partial charge in [0.25, 0.3) is 0 Å². The third kappa shape index (κ3) is 2.10. The molecule has 0 aromatic heterocycles. The minimum absolute atomic E-state index is 0.204. The maximum atomic E-state index is 11.0. The molecular formula is C8H14O2. The van der Waals surface area contributed by atoms with Gasteiger partial charge in [0.1, 0.15) is 5.78 Å². The molecule has 1 aliphatic rings. The average molecular weight is 142 g/mol. The molecule has 0 heterocycles. The second-order valence-electron chi connectivity index (χ2n) is 2.85. The van der Waals surface area contributed by atoms with Crippen LogP contribution in [0.2, 0.25) is 0 Å². The van der Waals surface area contributed by atoms with Crippen LogP contribution in [0.25, 0.3) is 0 Å². The maximum absolute atomic E-state index is 11.0. The lowest BCUT2D eigenvalue weighted by Crippen LogP contribution is -2.12. The molecule has 0 N–H and O–H groups in total. The zero-order valence-corrected chi connectivity index (χ0v) is 6.43. The van der Waals surface area contributed by atoms with Gasteiger partial charge < -0.3 is 4.74 Å². The number of carbonyl (C=O) groups is 1. The first kappa shape index (κ1) is 7.73. The van der Waals surface area contributed by atoms with E-state index in [1.54, 1.807) is 7.11 Å². The summed E-state index contributed by atoms with van der Waals surface area (Å²) in [6.07, 6.45) is 4.86. The molecule has 0 radical (unpaired) electrons. The summed E-state index contributed by atoms with van der Waals surface area (Å²) < 4.78 is 5.12. The molecule has 0 bridgehead atoms. The molecular weight excluding hydrogens is 128 g/mol. The lowest BCUT2D eigenvalue weighted by molar-refractivity contribution is -0.120. The van der Waals surface area contributed by atoms with Gasteiger partial charge in [-0.2, -0.15) is 0 Å². The predicted molar refractivity (Wildman–Crippen MR) is 38.9 cm³/mol. The number of hydrogen-bond donors (Lipinski definition) is 0. The van der Waals surface area contributed by atoms with Crippen molar-refractivity contribution in [2.45, 2.75) is 38.2 Å². The summed E-state index contributed by atoms with van der Waals surface area (Å²) in [6.45, 7) is 0. The molecule has 1 rings (SSSR count). The van der Waals surface area contributed by atoms with Crippen LogP contribution in [0.4, 0.5) is 0 Å². The number of methoxy groups -OCH3 is 1. The number of Topliss-reactive ketones (excluding diaryl/α,β-unsaturated/α-hetero) is 1. The lowest BCUT2D eigenvalue weighted by Gasteiger charge is -2.09. The molecule has 0 aromatic rings. The van der Waals surface area contributed by atoms with E-state index in [0.717, 1.165) is 25.7 Å². The number of hydrogen-bond acceptors (Lipinski definition) is 2. The van der Waals surface area contributed by atoms with Gasteiger partial charge in [0.15, 0.2) is 0 Å². The number of rotatable bonds is 1. The molecule has 1 unspecified atom stereocenters. The van der Waals surface area contributed by atoms with Crippen molar-refractivity contribution in [2.75, 3.05) is 7.11 Å². The highest BCUT2D eigenvalue weighted by atomic mass is 16.5. The van der Waals surface area contributed by atoms with Crippen LogP contribution in [0.15, 0.2) is 0 Å². The van der Waals surface area contributed by atoms with E-state index in [-0.39, 0.29) is 6.10 Å². The predicted octanol–water partition coefficient (Wildman–Crippen LogP) is 1.53. The van der Waals surface area contributed by atoms with Crippen LogP contribution < -0.4 is 0 Å². The zero-order valence-electron chi connectivity index (χ0n) is 6.43. The summed E-state index contributed by atoms with van der Waals surface area (Å²) in [5, 5.41) is 0. The van der Waals surface area contributed by atoms with Gasteiger partial charge in [-0.25, -0.2) is 0 Å². The van der Waals surface area contributed by atoms with E-state index in [1.165, 1.54) is 0 Å². The van der Waals surface area contributed by atoms with Crippen LogP contribution in [0, 0.1) is 0 Å². The van der Waals surface area contributed by atoms with Crippen molar-refractivity contribution >= 4 is 5.78 Å². The Balaban J connectivity index is 2.38. The van der Waals surface area contributed by atoms with Crippen molar-refractivity contribution in [1.29, 1.82) is 0 Å². The molecule has 0 aliphatic heterocycles. The van der Waals surface area contributed by atoms with Crippen LogP contribution in [0.1, 0.15) is 32.1 Å². The molecule has 0 spiro atoms. The van der Waals surface area contributed by atoms with E-state index < -0.39 is 0 Å². The maximum Gasteiger partial charge on any atom is 0.135 e. The highest BCUT2D eigenvalue weighted by Gasteiger charge is 2.16. The van der Waals surface area contributed by atoms with Gasteiger partial charge in [-0.3, -0.25) is 4.79 Å². The molecule has 10 heavy (non-hydrogen) atoms. The summed E-state index contributed by atoms with van der Waals surface area (Å²) in [7, 11) is 1.68. The van der Waals surface area contributed by atoms with Gasteiger partial charge in [-0.1, -0.05) is 6.42 Å². The third-order valence-corrected chi connectivity index (χ3v) is 2.02. The molecule has 1 atom stereocenters. The minimum Gasteiger partial charge on any atom is -0.381 e. The van der Waals surface area contributed by atoms with Crippen molar-refractivity contribution < 1.29 is 9.53 Å². The van der Waals surface area contributed by atoms with Gasteiger partial charge in [-0.15, -0.1) is 0 Å². The molecule has 2 heteroatoms. The van der Waals surface area contributed by atoms with E-state index in [1.807, 2.05) is 0 Å². The largest absolute Gasteiger partial charge is 0.381 e. The Kier molecular flexibility index (Phi) is 2.87. The summed E-state index contributed by atoms with van der Waals surface area (Å²) in [5.41, 5.74) is 0. The fourth-order valence-electron chi connectivity index (χ4n) is 1.35. The van der Waals surface area contributed by atoms with E-state index in [0.29, 0.717) is 12.2 Å². The number of ether oxygens (including phenoxy) is 1. The van der Waals surface area contributed by atoms with Crippen molar-refractivity contribution in [3.8, 4) is 0 Å². The molecule has 0 aromatic carbocycles. The molecule has 2 nitrogen and oxygen atoms in total. The highest BCUT2D eigenvalue weighted by molar-refractivity contribution is 5.79. The summed E-state index contributed by atoms with van der Waals surface area (Å²) in [6, 6.07) is 0. The SMILES string of the molecule is COC1CCCCC(=O)C1. The Bertz CT molecular complexity index is 120. The number of ketones is 1. The van der Waals surface area contributed by atoms with Crippen LogP contribution in [-0.4, -0.2) is 19.0 Å². The standard InChI is InChI=1S/C8H14O2/c1-10-8-5-3-2-4-7(9)6-8/h8H,2-6H2,1H3. The smallest absolute Gasteiger partial charge is 0.135 e. The fourth-order valence-corrected chi connectivity index (χ4v) is 1.35. The lowest BCUT2D eigenvalue weighted by atomic mass is 10.1. The Morgan fingerprint density at radius 2 is 2.30 bits per heavy atom. The third-order valence-electron chi connectivity index (χ3n) is 2.02. The van der Waals surface area contributed by atoms with E-state index >= 15 is 0 Å². The van der Waals surface area contributed by atoms with Gasteiger partial charge in [0.05, 0.1) is 6.10 Å². The molecule has 1 saturated carbocycles. The molecule has 1 fully saturated rings. The Morgan fingerprint density at radius 3 is 3.00 bits per heavy atom. The first-order valence-electron chi connectivity index (χ1n) is 3.87. The van der Waals surface area contributed by atoms with Gasteiger partial charge in [-0.05, 0) is 12.8 Å². The molecule has 58 valence electrons. The Morgan fingerprint density at radius 1 is 1.50 bits per heavy atom. The first-order valence-corrected chi connectivity index (χ1v) is 3.87. The average Bonchev–Trinajstić information content (AvgIpc) is 2.13. The molecule has 0 saturated heterocycles. The van der Waals surface area contributed by atoms with Crippen molar-refractivity contribution in [2.24, 2.45) is 0 Å². The number of carbonyl (C=O) groups excluding carboxylic acids is 1. The van der Waals surface area contributed by atoms with E-state index in [4.69, 9.17) is 4.74 Å². The topological polar surface area (TPSA) is 26.3 Å². The Hall–Kier alpha value is -0.370. The second-order valence-corrected chi connectivity index (χ2v) is 2.85. The summed E-state index contributed by atoms with van der Waals surface area (Å²) in [4.78, 5) is 11.0. The van der Waals surface area contributed by atoms with E-state index in [9.17, 15) is 4.79 Å². The minimum atomic E-state index is 0.204. The van der Waals surface area contributed by atoms with Gasteiger partial charge in [0, 0.05) is 20.0 Å². The Labute approximate surface area is 61.6 Å². The first-order chi connectivity index (χ1) is 4.83. The molecule has 0 amide bonds. The zero-order chi connectivity index (χ0) is 7.40. The second kappa shape index (κ2) is 3.71. The normalized spacial score (nSPS) is 28.1. The van der Waals surface area contributed by atoms with Crippen molar-refractivity contribution in [1.82, 2.24) is 0 Å². The van der Waals surface area contributed by atoms with Gasteiger partial charge in [0.2, 0.25) is 0 Å².